The van der Waals surface area contributed by atoms with Crippen molar-refractivity contribution in [3.05, 3.63) is 56.2 Å². The first kappa shape index (κ1) is 13.5. The van der Waals surface area contributed by atoms with E-state index in [4.69, 9.17) is 0 Å². The summed E-state index contributed by atoms with van der Waals surface area (Å²) in [5, 5.41) is 14.0. The summed E-state index contributed by atoms with van der Waals surface area (Å²) in [6, 6.07) is 7.19. The number of pyridine rings is 1. The summed E-state index contributed by atoms with van der Waals surface area (Å²) in [4.78, 5) is 14.6. The van der Waals surface area contributed by atoms with Gasteiger partial charge in [-0.1, -0.05) is 6.07 Å². The molecule has 2 aromatic rings. The molecule has 0 radical (unpaired) electrons. The molecule has 19 heavy (non-hydrogen) atoms. The average molecular weight is 322 g/mol. The SMILES string of the molecule is Cc1ccc(Nc2ncc(Br)cc2[N+](=O)[O-])cc1C. The van der Waals surface area contributed by atoms with Crippen molar-refractivity contribution >= 4 is 33.1 Å². The van der Waals surface area contributed by atoms with E-state index in [1.165, 1.54) is 17.8 Å². The smallest absolute Gasteiger partial charge is 0.312 e. The number of nitrogens with zero attached hydrogens (tertiary/aromatic N) is 2. The second-order valence-electron chi connectivity index (χ2n) is 4.20. The molecule has 2 rings (SSSR count). The third-order valence-electron chi connectivity index (χ3n) is 2.80. The van der Waals surface area contributed by atoms with Gasteiger partial charge in [0.15, 0.2) is 0 Å². The highest BCUT2D eigenvalue weighted by atomic mass is 79.9. The number of nitro groups is 1. The van der Waals surface area contributed by atoms with Gasteiger partial charge in [0.2, 0.25) is 5.82 Å². The van der Waals surface area contributed by atoms with Gasteiger partial charge in [-0.05, 0) is 53.0 Å². The van der Waals surface area contributed by atoms with Crippen LogP contribution in [0.1, 0.15) is 11.1 Å². The lowest BCUT2D eigenvalue weighted by Gasteiger charge is -2.08. The quantitative estimate of drug-likeness (QED) is 0.682. The number of benzene rings is 1. The minimum atomic E-state index is -0.457. The third kappa shape index (κ3) is 3.08. The van der Waals surface area contributed by atoms with Crippen LogP contribution in [0.15, 0.2) is 34.9 Å². The van der Waals surface area contributed by atoms with Crippen LogP contribution >= 0.6 is 15.9 Å². The van der Waals surface area contributed by atoms with Gasteiger partial charge in [0.05, 0.1) is 4.92 Å². The Labute approximate surface area is 119 Å². The predicted molar refractivity (Wildman–Crippen MR) is 77.8 cm³/mol. The summed E-state index contributed by atoms with van der Waals surface area (Å²) in [6.45, 7) is 4.00. The van der Waals surface area contributed by atoms with Crippen molar-refractivity contribution in [3.8, 4) is 0 Å². The summed E-state index contributed by atoms with van der Waals surface area (Å²) in [5.41, 5.74) is 3.00. The fourth-order valence-electron chi connectivity index (χ4n) is 1.62. The molecule has 0 saturated carbocycles. The normalized spacial score (nSPS) is 10.3. The molecule has 98 valence electrons. The van der Waals surface area contributed by atoms with Crippen molar-refractivity contribution in [2.75, 3.05) is 5.32 Å². The highest BCUT2D eigenvalue weighted by Gasteiger charge is 2.16. The summed E-state index contributed by atoms with van der Waals surface area (Å²) in [5.74, 6) is 0.233. The van der Waals surface area contributed by atoms with E-state index in [0.717, 1.165) is 11.3 Å². The highest BCUT2D eigenvalue weighted by Crippen LogP contribution is 2.28. The maximum atomic E-state index is 11.0. The molecule has 0 aliphatic heterocycles. The molecule has 0 atom stereocenters. The number of hydrogen-bond acceptors (Lipinski definition) is 4. The molecule has 0 saturated heterocycles. The Bertz CT molecular complexity index is 644. The summed E-state index contributed by atoms with van der Waals surface area (Å²) in [6.07, 6.45) is 1.52. The zero-order valence-corrected chi connectivity index (χ0v) is 12.1. The van der Waals surface area contributed by atoms with Crippen LogP contribution in [0.3, 0.4) is 0 Å². The van der Waals surface area contributed by atoms with E-state index >= 15 is 0 Å². The van der Waals surface area contributed by atoms with Crippen LogP contribution in [-0.4, -0.2) is 9.91 Å². The zero-order valence-electron chi connectivity index (χ0n) is 10.5. The van der Waals surface area contributed by atoms with E-state index in [9.17, 15) is 10.1 Å². The number of rotatable bonds is 3. The molecular formula is C13H12BrN3O2. The van der Waals surface area contributed by atoms with E-state index in [2.05, 4.69) is 26.2 Å². The number of nitrogens with one attached hydrogen (secondary N) is 1. The van der Waals surface area contributed by atoms with Gasteiger partial charge in [-0.25, -0.2) is 4.98 Å². The second-order valence-corrected chi connectivity index (χ2v) is 5.12. The van der Waals surface area contributed by atoms with Gasteiger partial charge in [0.25, 0.3) is 0 Å². The minimum Gasteiger partial charge on any atom is -0.334 e. The molecule has 0 bridgehead atoms. The van der Waals surface area contributed by atoms with Crippen LogP contribution < -0.4 is 5.32 Å². The van der Waals surface area contributed by atoms with Crippen molar-refractivity contribution in [2.45, 2.75) is 13.8 Å². The molecule has 6 heteroatoms. The maximum Gasteiger partial charge on any atom is 0.312 e. The number of aromatic nitrogens is 1. The first-order valence-corrected chi connectivity index (χ1v) is 6.41. The van der Waals surface area contributed by atoms with Crippen LogP contribution in [-0.2, 0) is 0 Å². The predicted octanol–water partition coefficient (Wildman–Crippen LogP) is 4.11. The molecule has 0 aliphatic rings. The van der Waals surface area contributed by atoms with Gasteiger partial charge < -0.3 is 5.32 Å². The second kappa shape index (κ2) is 5.36. The monoisotopic (exact) mass is 321 g/mol. The van der Waals surface area contributed by atoms with Gasteiger partial charge in [-0.2, -0.15) is 0 Å². The standard InChI is InChI=1S/C13H12BrN3O2/c1-8-3-4-11(5-9(8)2)16-13-12(17(18)19)6-10(14)7-15-13/h3-7H,1-2H3,(H,15,16). The van der Waals surface area contributed by atoms with Gasteiger partial charge in [0.1, 0.15) is 0 Å². The molecule has 0 amide bonds. The van der Waals surface area contributed by atoms with Crippen molar-refractivity contribution in [3.63, 3.8) is 0 Å². The van der Waals surface area contributed by atoms with E-state index in [0.29, 0.717) is 4.47 Å². The molecule has 0 fully saturated rings. The average Bonchev–Trinajstić information content (AvgIpc) is 2.36. The van der Waals surface area contributed by atoms with Gasteiger partial charge in [0, 0.05) is 22.4 Å². The van der Waals surface area contributed by atoms with Gasteiger partial charge in [-0.15, -0.1) is 0 Å². The van der Waals surface area contributed by atoms with Crippen molar-refractivity contribution < 1.29 is 4.92 Å². The number of hydrogen-bond donors (Lipinski definition) is 1. The number of anilines is 2. The lowest BCUT2D eigenvalue weighted by molar-refractivity contribution is -0.384. The van der Waals surface area contributed by atoms with E-state index in [1.807, 2.05) is 32.0 Å². The first-order chi connectivity index (χ1) is 8.97. The Kier molecular flexibility index (Phi) is 3.80. The summed E-state index contributed by atoms with van der Waals surface area (Å²) < 4.78 is 0.574. The molecule has 0 aliphatic carbocycles. The molecule has 1 aromatic carbocycles. The van der Waals surface area contributed by atoms with Crippen LogP contribution in [0.25, 0.3) is 0 Å². The molecule has 1 N–H and O–H groups in total. The van der Waals surface area contributed by atoms with Gasteiger partial charge in [-0.3, -0.25) is 10.1 Å². The topological polar surface area (TPSA) is 68.1 Å². The van der Waals surface area contributed by atoms with E-state index < -0.39 is 4.92 Å². The van der Waals surface area contributed by atoms with Crippen LogP contribution in [0.4, 0.5) is 17.2 Å². The Morgan fingerprint density at radius 1 is 1.26 bits per heavy atom. The molecule has 0 spiro atoms. The fourth-order valence-corrected chi connectivity index (χ4v) is 1.94. The zero-order chi connectivity index (χ0) is 14.0. The number of aryl methyl sites for hydroxylation is 2. The van der Waals surface area contributed by atoms with Crippen LogP contribution in [0.5, 0.6) is 0 Å². The van der Waals surface area contributed by atoms with E-state index in [-0.39, 0.29) is 11.5 Å². The minimum absolute atomic E-state index is 0.0624. The van der Waals surface area contributed by atoms with Crippen molar-refractivity contribution in [1.82, 2.24) is 4.98 Å². The highest BCUT2D eigenvalue weighted by molar-refractivity contribution is 9.10. The molecule has 1 aromatic heterocycles. The fraction of sp³-hybridized carbons (Fsp3) is 0.154. The molecule has 0 unspecified atom stereocenters. The summed E-state index contributed by atoms with van der Waals surface area (Å²) >= 11 is 3.18. The maximum absolute atomic E-state index is 11.0. The first-order valence-electron chi connectivity index (χ1n) is 5.61. The van der Waals surface area contributed by atoms with Crippen molar-refractivity contribution in [1.29, 1.82) is 0 Å². The third-order valence-corrected chi connectivity index (χ3v) is 3.23. The summed E-state index contributed by atoms with van der Waals surface area (Å²) in [7, 11) is 0. The van der Waals surface area contributed by atoms with Crippen LogP contribution in [0.2, 0.25) is 0 Å². The van der Waals surface area contributed by atoms with E-state index in [1.54, 1.807) is 0 Å². The molecular weight excluding hydrogens is 310 g/mol. The van der Waals surface area contributed by atoms with Crippen LogP contribution in [0, 0.1) is 24.0 Å². The number of halogens is 1. The Morgan fingerprint density at radius 2 is 2.00 bits per heavy atom. The Hall–Kier alpha value is -1.95. The Morgan fingerprint density at radius 3 is 2.63 bits per heavy atom. The lowest BCUT2D eigenvalue weighted by atomic mass is 10.1. The van der Waals surface area contributed by atoms with Gasteiger partial charge >= 0.3 is 5.69 Å². The van der Waals surface area contributed by atoms with Crippen molar-refractivity contribution in [2.24, 2.45) is 0 Å². The Balaban J connectivity index is 2.37. The molecule has 1 heterocycles. The largest absolute Gasteiger partial charge is 0.334 e. The lowest BCUT2D eigenvalue weighted by Crippen LogP contribution is -2.00. The molecule has 5 nitrogen and oxygen atoms in total.